The van der Waals surface area contributed by atoms with Crippen molar-refractivity contribution in [2.45, 2.75) is 20.3 Å². The summed E-state index contributed by atoms with van der Waals surface area (Å²) < 4.78 is 1.66. The lowest BCUT2D eigenvalue weighted by atomic mass is 9.97. The standard InChI is InChI=1S/C12H15Br2NO3S/c1-6(2)3-7(12(17)18)5-15-11(16)9-4-8(13)10(14)19-9/h4,6-7H,3,5H2,1-2H3,(H,15,16)(H,17,18). The number of amides is 1. The number of halogens is 2. The highest BCUT2D eigenvalue weighted by Crippen LogP contribution is 2.32. The zero-order valence-electron chi connectivity index (χ0n) is 10.6. The van der Waals surface area contributed by atoms with Crippen LogP contribution in [0.5, 0.6) is 0 Å². The van der Waals surface area contributed by atoms with Gasteiger partial charge in [-0.05, 0) is 50.3 Å². The molecule has 1 aromatic rings. The number of hydrogen-bond donors (Lipinski definition) is 2. The lowest BCUT2D eigenvalue weighted by Gasteiger charge is -2.14. The lowest BCUT2D eigenvalue weighted by Crippen LogP contribution is -2.33. The van der Waals surface area contributed by atoms with E-state index in [4.69, 9.17) is 5.11 Å². The number of carbonyl (C=O) groups is 2. The minimum Gasteiger partial charge on any atom is -0.481 e. The van der Waals surface area contributed by atoms with E-state index in [9.17, 15) is 9.59 Å². The van der Waals surface area contributed by atoms with Gasteiger partial charge in [0.2, 0.25) is 0 Å². The monoisotopic (exact) mass is 411 g/mol. The summed E-state index contributed by atoms with van der Waals surface area (Å²) >= 11 is 7.93. The predicted molar refractivity (Wildman–Crippen MR) is 82.6 cm³/mol. The van der Waals surface area contributed by atoms with Crippen LogP contribution in [-0.4, -0.2) is 23.5 Å². The molecule has 1 unspecified atom stereocenters. The van der Waals surface area contributed by atoms with Gasteiger partial charge in [-0.15, -0.1) is 11.3 Å². The largest absolute Gasteiger partial charge is 0.481 e. The SMILES string of the molecule is CC(C)CC(CNC(=O)c1cc(Br)c(Br)s1)C(=O)O. The number of thiophene rings is 1. The molecular weight excluding hydrogens is 398 g/mol. The second-order valence-corrected chi connectivity index (χ2v) is 7.83. The van der Waals surface area contributed by atoms with Gasteiger partial charge in [-0.3, -0.25) is 9.59 Å². The highest BCUT2D eigenvalue weighted by molar-refractivity contribution is 9.13. The van der Waals surface area contributed by atoms with Crippen molar-refractivity contribution in [3.8, 4) is 0 Å². The summed E-state index contributed by atoms with van der Waals surface area (Å²) in [4.78, 5) is 23.5. The molecule has 0 saturated heterocycles. The average Bonchev–Trinajstić information content (AvgIpc) is 2.64. The maximum absolute atomic E-state index is 11.9. The van der Waals surface area contributed by atoms with Crippen molar-refractivity contribution in [1.82, 2.24) is 5.32 Å². The van der Waals surface area contributed by atoms with E-state index in [1.165, 1.54) is 11.3 Å². The predicted octanol–water partition coefficient (Wildman–Crippen LogP) is 3.75. The van der Waals surface area contributed by atoms with Crippen LogP contribution >= 0.6 is 43.2 Å². The molecule has 2 N–H and O–H groups in total. The van der Waals surface area contributed by atoms with E-state index >= 15 is 0 Å². The summed E-state index contributed by atoms with van der Waals surface area (Å²) in [6.45, 7) is 4.08. The van der Waals surface area contributed by atoms with Gasteiger partial charge < -0.3 is 10.4 Å². The molecule has 0 fully saturated rings. The molecule has 1 heterocycles. The molecule has 0 aliphatic carbocycles. The molecule has 0 spiro atoms. The number of rotatable bonds is 6. The fourth-order valence-electron chi connectivity index (χ4n) is 1.60. The van der Waals surface area contributed by atoms with E-state index in [0.29, 0.717) is 11.3 Å². The van der Waals surface area contributed by atoms with E-state index in [2.05, 4.69) is 37.2 Å². The maximum atomic E-state index is 11.9. The Kier molecular flexibility index (Phi) is 6.49. The first-order valence-electron chi connectivity index (χ1n) is 5.77. The Labute approximate surface area is 132 Å². The molecule has 19 heavy (non-hydrogen) atoms. The van der Waals surface area contributed by atoms with Crippen LogP contribution in [0, 0.1) is 11.8 Å². The number of carboxylic acids is 1. The van der Waals surface area contributed by atoms with Crippen LogP contribution in [0.25, 0.3) is 0 Å². The maximum Gasteiger partial charge on any atom is 0.308 e. The number of aliphatic carboxylic acids is 1. The van der Waals surface area contributed by atoms with E-state index < -0.39 is 11.9 Å². The summed E-state index contributed by atoms with van der Waals surface area (Å²) in [6, 6.07) is 1.71. The van der Waals surface area contributed by atoms with Crippen molar-refractivity contribution >= 4 is 55.1 Å². The highest BCUT2D eigenvalue weighted by Gasteiger charge is 2.20. The van der Waals surface area contributed by atoms with Crippen LogP contribution in [0.3, 0.4) is 0 Å². The highest BCUT2D eigenvalue weighted by atomic mass is 79.9. The Morgan fingerprint density at radius 2 is 2.05 bits per heavy atom. The van der Waals surface area contributed by atoms with Gasteiger partial charge in [-0.25, -0.2) is 0 Å². The zero-order valence-corrected chi connectivity index (χ0v) is 14.6. The van der Waals surface area contributed by atoms with Gasteiger partial charge in [0.1, 0.15) is 0 Å². The third kappa shape index (κ3) is 5.24. The van der Waals surface area contributed by atoms with Crippen molar-refractivity contribution in [2.24, 2.45) is 11.8 Å². The molecule has 1 amide bonds. The van der Waals surface area contributed by atoms with Gasteiger partial charge >= 0.3 is 5.97 Å². The molecule has 4 nitrogen and oxygen atoms in total. The Hall–Kier alpha value is -0.400. The van der Waals surface area contributed by atoms with E-state index in [0.717, 1.165) is 8.26 Å². The zero-order chi connectivity index (χ0) is 14.6. The average molecular weight is 413 g/mol. The summed E-state index contributed by atoms with van der Waals surface area (Å²) in [5, 5.41) is 11.8. The molecule has 1 atom stereocenters. The number of hydrogen-bond acceptors (Lipinski definition) is 3. The number of carbonyl (C=O) groups excluding carboxylic acids is 1. The van der Waals surface area contributed by atoms with Crippen molar-refractivity contribution in [3.05, 3.63) is 19.2 Å². The molecule has 1 rings (SSSR count). The van der Waals surface area contributed by atoms with E-state index in [1.807, 2.05) is 13.8 Å². The minimum absolute atomic E-state index is 0.152. The normalized spacial score (nSPS) is 12.5. The fourth-order valence-corrected chi connectivity index (χ4v) is 3.55. The van der Waals surface area contributed by atoms with E-state index in [1.54, 1.807) is 6.07 Å². The first-order chi connectivity index (χ1) is 8.81. The molecule has 1 aromatic heterocycles. The van der Waals surface area contributed by atoms with Crippen LogP contribution in [-0.2, 0) is 4.79 Å². The summed E-state index contributed by atoms with van der Waals surface area (Å²) in [5.41, 5.74) is 0. The van der Waals surface area contributed by atoms with Crippen molar-refractivity contribution in [3.63, 3.8) is 0 Å². The van der Waals surface area contributed by atoms with Gasteiger partial charge in [0.25, 0.3) is 5.91 Å². The second-order valence-electron chi connectivity index (χ2n) is 4.61. The summed E-state index contributed by atoms with van der Waals surface area (Å²) in [7, 11) is 0. The second kappa shape index (κ2) is 7.40. The molecule has 106 valence electrons. The van der Waals surface area contributed by atoms with Crippen LogP contribution < -0.4 is 5.32 Å². The quantitative estimate of drug-likeness (QED) is 0.747. The van der Waals surface area contributed by atoms with Crippen molar-refractivity contribution in [1.29, 1.82) is 0 Å². The molecule has 0 bridgehead atoms. The third-order valence-corrected chi connectivity index (χ3v) is 5.74. The summed E-state index contributed by atoms with van der Waals surface area (Å²) in [6.07, 6.45) is 0.549. The Morgan fingerprint density at radius 3 is 2.47 bits per heavy atom. The van der Waals surface area contributed by atoms with E-state index in [-0.39, 0.29) is 18.4 Å². The fraction of sp³-hybridized carbons (Fsp3) is 0.500. The molecule has 7 heteroatoms. The Morgan fingerprint density at radius 1 is 1.42 bits per heavy atom. The first-order valence-corrected chi connectivity index (χ1v) is 8.17. The molecule has 0 aliphatic heterocycles. The topological polar surface area (TPSA) is 66.4 Å². The molecule has 0 radical (unpaired) electrons. The molecule has 0 aromatic carbocycles. The summed E-state index contributed by atoms with van der Waals surface area (Å²) in [5.74, 6) is -1.38. The Bertz CT molecular complexity index is 454. The van der Waals surface area contributed by atoms with Gasteiger partial charge in [0, 0.05) is 11.0 Å². The first kappa shape index (κ1) is 16.7. The van der Waals surface area contributed by atoms with Crippen molar-refractivity contribution < 1.29 is 14.7 Å². The molecule has 0 aliphatic rings. The van der Waals surface area contributed by atoms with Gasteiger partial charge in [0.05, 0.1) is 14.6 Å². The van der Waals surface area contributed by atoms with Gasteiger partial charge in [-0.2, -0.15) is 0 Å². The number of nitrogens with one attached hydrogen (secondary N) is 1. The lowest BCUT2D eigenvalue weighted by molar-refractivity contribution is -0.142. The van der Waals surface area contributed by atoms with Crippen LogP contribution in [0.15, 0.2) is 14.3 Å². The number of carboxylic acid groups (broad SMARTS) is 1. The van der Waals surface area contributed by atoms with Crippen LogP contribution in [0.4, 0.5) is 0 Å². The van der Waals surface area contributed by atoms with Crippen LogP contribution in [0.2, 0.25) is 0 Å². The van der Waals surface area contributed by atoms with Crippen molar-refractivity contribution in [2.75, 3.05) is 6.54 Å². The van der Waals surface area contributed by atoms with Gasteiger partial charge in [0.15, 0.2) is 0 Å². The Balaban J connectivity index is 2.59. The smallest absolute Gasteiger partial charge is 0.308 e. The minimum atomic E-state index is -0.873. The molecule has 0 saturated carbocycles. The van der Waals surface area contributed by atoms with Crippen LogP contribution in [0.1, 0.15) is 29.9 Å². The van der Waals surface area contributed by atoms with Gasteiger partial charge in [-0.1, -0.05) is 13.8 Å². The third-order valence-electron chi connectivity index (χ3n) is 2.48. The molecular formula is C12H15Br2NO3S.